The van der Waals surface area contributed by atoms with Crippen LogP contribution in [-0.4, -0.2) is 61.0 Å². The number of carbonyl (C=O) groups is 2. The van der Waals surface area contributed by atoms with Gasteiger partial charge in [0.1, 0.15) is 0 Å². The van der Waals surface area contributed by atoms with Crippen molar-refractivity contribution in [2.24, 2.45) is 0 Å². The van der Waals surface area contributed by atoms with Crippen LogP contribution in [-0.2, 0) is 9.53 Å². The van der Waals surface area contributed by atoms with Crippen LogP contribution < -0.4 is 10.2 Å². The molecule has 1 aliphatic heterocycles. The molecule has 0 aromatic heterocycles. The Kier molecular flexibility index (Phi) is 7.19. The number of anilines is 2. The zero-order valence-electron chi connectivity index (χ0n) is 17.6. The average Bonchev–Trinajstić information content (AvgIpc) is 2.78. The lowest BCUT2D eigenvalue weighted by Crippen LogP contribution is -2.52. The van der Waals surface area contributed by atoms with Gasteiger partial charge >= 0.3 is 5.97 Å². The first-order valence-electron chi connectivity index (χ1n) is 10.1. The third-order valence-electron chi connectivity index (χ3n) is 5.39. The molecule has 1 aliphatic rings. The summed E-state index contributed by atoms with van der Waals surface area (Å²) in [5.41, 5.74) is 1.94. The molecular weight excluding hydrogens is 400 g/mol. The zero-order chi connectivity index (χ0) is 22.4. The van der Waals surface area contributed by atoms with Gasteiger partial charge in [-0.1, -0.05) is 6.07 Å². The molecule has 0 bridgehead atoms. The minimum absolute atomic E-state index is 0.0536. The minimum atomic E-state index is -0.486. The van der Waals surface area contributed by atoms with Crippen molar-refractivity contribution in [2.75, 3.05) is 43.5 Å². The van der Waals surface area contributed by atoms with Crippen LogP contribution in [0.3, 0.4) is 0 Å². The number of amides is 1. The van der Waals surface area contributed by atoms with E-state index in [-0.39, 0.29) is 23.6 Å². The van der Waals surface area contributed by atoms with E-state index in [4.69, 9.17) is 4.74 Å². The van der Waals surface area contributed by atoms with Crippen LogP contribution in [0.2, 0.25) is 0 Å². The van der Waals surface area contributed by atoms with Gasteiger partial charge in [0.2, 0.25) is 5.91 Å². The van der Waals surface area contributed by atoms with Crippen molar-refractivity contribution >= 4 is 28.9 Å². The second-order valence-electron chi connectivity index (χ2n) is 7.48. The van der Waals surface area contributed by atoms with Crippen LogP contribution >= 0.6 is 0 Å². The Bertz CT molecular complexity index is 947. The van der Waals surface area contributed by atoms with E-state index >= 15 is 0 Å². The van der Waals surface area contributed by atoms with Crippen LogP contribution in [0.25, 0.3) is 0 Å². The first kappa shape index (κ1) is 22.2. The third kappa shape index (κ3) is 5.79. The molecule has 0 spiro atoms. The second kappa shape index (κ2) is 10.0. The number of nitrogens with zero attached hydrogens (tertiary/aromatic N) is 3. The fourth-order valence-electron chi connectivity index (χ4n) is 3.65. The zero-order valence-corrected chi connectivity index (χ0v) is 17.6. The monoisotopic (exact) mass is 426 g/mol. The predicted molar refractivity (Wildman–Crippen MR) is 117 cm³/mol. The molecule has 1 N–H and O–H groups in total. The Morgan fingerprint density at radius 3 is 2.58 bits per heavy atom. The standard InChI is InChI=1S/C22H26N4O5/c1-16-15-25(19-8-6-17(7-9-19)22(28)31-2)13-12-24(16)11-10-21(27)23-18-4-3-5-20(14-18)26(29)30/h3-9,14,16H,10-13,15H2,1-2H3,(H,23,27). The number of carbonyl (C=O) groups excluding carboxylic acids is 2. The number of piperazine rings is 1. The van der Waals surface area contributed by atoms with Gasteiger partial charge in [-0.2, -0.15) is 0 Å². The van der Waals surface area contributed by atoms with Crippen LogP contribution in [0.4, 0.5) is 17.1 Å². The summed E-state index contributed by atoms with van der Waals surface area (Å²) in [7, 11) is 1.36. The number of esters is 1. The number of hydrogen-bond acceptors (Lipinski definition) is 7. The molecule has 31 heavy (non-hydrogen) atoms. The predicted octanol–water partition coefficient (Wildman–Crippen LogP) is 2.92. The Morgan fingerprint density at radius 1 is 1.19 bits per heavy atom. The molecule has 3 rings (SSSR count). The number of methoxy groups -OCH3 is 1. The lowest BCUT2D eigenvalue weighted by molar-refractivity contribution is -0.384. The van der Waals surface area contributed by atoms with Crippen molar-refractivity contribution in [2.45, 2.75) is 19.4 Å². The topological polar surface area (TPSA) is 105 Å². The lowest BCUT2D eigenvalue weighted by Gasteiger charge is -2.41. The summed E-state index contributed by atoms with van der Waals surface area (Å²) in [5.74, 6) is -0.526. The molecule has 0 radical (unpaired) electrons. The maximum Gasteiger partial charge on any atom is 0.337 e. The van der Waals surface area contributed by atoms with Crippen LogP contribution in [0.15, 0.2) is 48.5 Å². The number of hydrogen-bond donors (Lipinski definition) is 1. The molecular formula is C22H26N4O5. The molecule has 1 amide bonds. The molecule has 1 fully saturated rings. The number of non-ortho nitro benzene ring substituents is 1. The average molecular weight is 426 g/mol. The molecule has 1 heterocycles. The van der Waals surface area contributed by atoms with Gasteiger partial charge in [-0.15, -0.1) is 0 Å². The summed E-state index contributed by atoms with van der Waals surface area (Å²) < 4.78 is 4.73. The highest BCUT2D eigenvalue weighted by atomic mass is 16.6. The van der Waals surface area contributed by atoms with Crippen LogP contribution in [0.5, 0.6) is 0 Å². The maximum absolute atomic E-state index is 12.3. The fraction of sp³-hybridized carbons (Fsp3) is 0.364. The van der Waals surface area contributed by atoms with E-state index in [0.29, 0.717) is 24.2 Å². The quantitative estimate of drug-likeness (QED) is 0.412. The number of ether oxygens (including phenoxy) is 1. The SMILES string of the molecule is COC(=O)c1ccc(N2CCN(CCC(=O)Nc3cccc([N+](=O)[O-])c3)C(C)C2)cc1. The number of benzene rings is 2. The van der Waals surface area contributed by atoms with E-state index in [1.165, 1.54) is 19.2 Å². The van der Waals surface area contributed by atoms with Gasteiger partial charge in [-0.05, 0) is 37.3 Å². The molecule has 9 nitrogen and oxygen atoms in total. The van der Waals surface area contributed by atoms with Crippen molar-refractivity contribution in [1.82, 2.24) is 4.90 Å². The van der Waals surface area contributed by atoms with Crippen LogP contribution in [0, 0.1) is 10.1 Å². The van der Waals surface area contributed by atoms with Gasteiger partial charge in [-0.3, -0.25) is 19.8 Å². The number of rotatable bonds is 7. The van der Waals surface area contributed by atoms with Gasteiger partial charge in [-0.25, -0.2) is 4.79 Å². The van der Waals surface area contributed by atoms with Crippen molar-refractivity contribution in [3.8, 4) is 0 Å². The Balaban J connectivity index is 1.49. The molecule has 0 saturated carbocycles. The highest BCUT2D eigenvalue weighted by molar-refractivity contribution is 5.91. The van der Waals surface area contributed by atoms with Gasteiger partial charge in [0, 0.05) is 62.1 Å². The fourth-order valence-corrected chi connectivity index (χ4v) is 3.65. The lowest BCUT2D eigenvalue weighted by atomic mass is 10.1. The summed E-state index contributed by atoms with van der Waals surface area (Å²) in [5, 5.41) is 13.6. The Morgan fingerprint density at radius 2 is 1.94 bits per heavy atom. The smallest absolute Gasteiger partial charge is 0.337 e. The summed E-state index contributed by atoms with van der Waals surface area (Å²) >= 11 is 0. The molecule has 0 aliphatic carbocycles. The van der Waals surface area contributed by atoms with E-state index in [9.17, 15) is 19.7 Å². The molecule has 2 aromatic rings. The van der Waals surface area contributed by atoms with Gasteiger partial charge in [0.05, 0.1) is 17.6 Å². The van der Waals surface area contributed by atoms with Gasteiger partial charge in [0.25, 0.3) is 5.69 Å². The summed E-state index contributed by atoms with van der Waals surface area (Å²) in [6.07, 6.45) is 0.306. The molecule has 164 valence electrons. The maximum atomic E-state index is 12.3. The normalized spacial score (nSPS) is 16.6. The number of nitrogens with one attached hydrogen (secondary N) is 1. The van der Waals surface area contributed by atoms with E-state index in [1.54, 1.807) is 24.3 Å². The van der Waals surface area contributed by atoms with Gasteiger partial charge < -0.3 is 15.0 Å². The second-order valence-corrected chi connectivity index (χ2v) is 7.48. The molecule has 1 saturated heterocycles. The summed E-state index contributed by atoms with van der Waals surface area (Å²) in [6, 6.07) is 13.5. The van der Waals surface area contributed by atoms with Gasteiger partial charge in [0.15, 0.2) is 0 Å². The Labute approximate surface area is 180 Å². The third-order valence-corrected chi connectivity index (χ3v) is 5.39. The highest BCUT2D eigenvalue weighted by Gasteiger charge is 2.24. The largest absolute Gasteiger partial charge is 0.465 e. The highest BCUT2D eigenvalue weighted by Crippen LogP contribution is 2.21. The van der Waals surface area contributed by atoms with Crippen LogP contribution in [0.1, 0.15) is 23.7 Å². The summed E-state index contributed by atoms with van der Waals surface area (Å²) in [6.45, 7) is 5.16. The first-order chi connectivity index (χ1) is 14.9. The molecule has 1 atom stereocenters. The van der Waals surface area contributed by atoms with Crippen molar-refractivity contribution in [1.29, 1.82) is 0 Å². The molecule has 1 unspecified atom stereocenters. The van der Waals surface area contributed by atoms with Crippen molar-refractivity contribution in [3.63, 3.8) is 0 Å². The number of nitro benzene ring substituents is 1. The van der Waals surface area contributed by atoms with E-state index in [2.05, 4.69) is 22.0 Å². The van der Waals surface area contributed by atoms with Crippen molar-refractivity contribution < 1.29 is 19.2 Å². The van der Waals surface area contributed by atoms with E-state index < -0.39 is 4.92 Å². The van der Waals surface area contributed by atoms with E-state index in [0.717, 1.165) is 25.3 Å². The van der Waals surface area contributed by atoms with E-state index in [1.807, 2.05) is 12.1 Å². The molecule has 9 heteroatoms. The van der Waals surface area contributed by atoms with Crippen molar-refractivity contribution in [3.05, 3.63) is 64.2 Å². The Hall–Kier alpha value is -3.46. The first-order valence-corrected chi connectivity index (χ1v) is 10.1. The number of nitro groups is 1. The molecule has 2 aromatic carbocycles. The minimum Gasteiger partial charge on any atom is -0.465 e. The summed E-state index contributed by atoms with van der Waals surface area (Å²) in [4.78, 5) is 38.7.